The second kappa shape index (κ2) is 7.00. The van der Waals surface area contributed by atoms with E-state index in [2.05, 4.69) is 9.95 Å². The lowest BCUT2D eigenvalue weighted by molar-refractivity contribution is -0.217. The first kappa shape index (κ1) is 20.5. The molecular formula is C19H14F5N3O2. The van der Waals surface area contributed by atoms with Gasteiger partial charge in [-0.25, -0.2) is 4.85 Å². The highest BCUT2D eigenvalue weighted by Crippen LogP contribution is 2.47. The summed E-state index contributed by atoms with van der Waals surface area (Å²) < 4.78 is 73.3. The van der Waals surface area contributed by atoms with Crippen molar-refractivity contribution >= 4 is 11.6 Å². The van der Waals surface area contributed by atoms with Crippen LogP contribution in [0.3, 0.4) is 0 Å². The van der Waals surface area contributed by atoms with E-state index in [9.17, 15) is 18.3 Å². The molecule has 0 amide bonds. The second-order valence-corrected chi connectivity index (χ2v) is 6.15. The van der Waals surface area contributed by atoms with Crippen LogP contribution in [0.1, 0.15) is 18.1 Å². The highest BCUT2D eigenvalue weighted by molar-refractivity contribution is 5.88. The molecule has 2 aromatic carbocycles. The molecule has 0 aromatic heterocycles. The van der Waals surface area contributed by atoms with E-state index in [0.717, 1.165) is 18.2 Å². The quantitative estimate of drug-likeness (QED) is 0.585. The van der Waals surface area contributed by atoms with Gasteiger partial charge in [0.15, 0.2) is 5.69 Å². The van der Waals surface area contributed by atoms with Gasteiger partial charge in [0.2, 0.25) is 0 Å². The van der Waals surface area contributed by atoms with Gasteiger partial charge in [-0.1, -0.05) is 18.2 Å². The van der Waals surface area contributed by atoms with Crippen molar-refractivity contribution in [3.05, 3.63) is 71.1 Å². The van der Waals surface area contributed by atoms with Gasteiger partial charge in [-0.15, -0.1) is 5.10 Å². The van der Waals surface area contributed by atoms with Gasteiger partial charge in [-0.2, -0.15) is 22.0 Å². The molecular weight excluding hydrogens is 397 g/mol. The van der Waals surface area contributed by atoms with Crippen LogP contribution in [0.15, 0.2) is 53.6 Å². The largest absolute Gasteiger partial charge is 0.436 e. The van der Waals surface area contributed by atoms with Crippen LogP contribution >= 0.6 is 0 Å². The van der Waals surface area contributed by atoms with E-state index in [-0.39, 0.29) is 23.5 Å². The fraction of sp³-hybridized carbons (Fsp3) is 0.263. The van der Waals surface area contributed by atoms with E-state index >= 15 is 8.78 Å². The van der Waals surface area contributed by atoms with E-state index in [4.69, 9.17) is 11.3 Å². The molecule has 152 valence electrons. The number of ether oxygens (including phenoxy) is 1. The Balaban J connectivity index is 1.96. The lowest BCUT2D eigenvalue weighted by Gasteiger charge is -2.35. The minimum absolute atomic E-state index is 0.0416. The number of halogens is 5. The first-order valence-corrected chi connectivity index (χ1v) is 8.34. The normalized spacial score (nSPS) is 20.9. The summed E-state index contributed by atoms with van der Waals surface area (Å²) in [6, 6.07) is 8.21. The van der Waals surface area contributed by atoms with Crippen LogP contribution in [-0.4, -0.2) is 28.5 Å². The highest BCUT2D eigenvalue weighted by atomic mass is 19.4. The summed E-state index contributed by atoms with van der Waals surface area (Å²) in [6.45, 7) is 8.37. The van der Waals surface area contributed by atoms with Crippen LogP contribution in [-0.2, 0) is 11.9 Å². The molecule has 0 fully saturated rings. The van der Waals surface area contributed by atoms with E-state index in [1.165, 1.54) is 25.1 Å². The number of hydrogen-bond acceptors (Lipinski definition) is 4. The van der Waals surface area contributed by atoms with Crippen molar-refractivity contribution in [3.8, 4) is 5.75 Å². The topological polar surface area (TPSA) is 49.4 Å². The van der Waals surface area contributed by atoms with Crippen molar-refractivity contribution in [2.75, 3.05) is 6.54 Å². The molecule has 0 radical (unpaired) electrons. The molecule has 1 aliphatic rings. The predicted molar refractivity (Wildman–Crippen MR) is 93.4 cm³/mol. The Labute approximate surface area is 162 Å². The van der Waals surface area contributed by atoms with Gasteiger partial charge < -0.3 is 9.84 Å². The van der Waals surface area contributed by atoms with Crippen molar-refractivity contribution in [1.82, 2.24) is 5.01 Å². The maximum Gasteiger partial charge on any atom is 0.416 e. The van der Waals surface area contributed by atoms with Gasteiger partial charge in [0.1, 0.15) is 5.75 Å². The number of aliphatic hydroxyl groups is 1. The smallest absolute Gasteiger partial charge is 0.416 e. The van der Waals surface area contributed by atoms with Crippen molar-refractivity contribution in [1.29, 1.82) is 0 Å². The average Bonchev–Trinajstić information content (AvgIpc) is 2.88. The first-order chi connectivity index (χ1) is 13.5. The second-order valence-electron chi connectivity index (χ2n) is 6.15. The fourth-order valence-corrected chi connectivity index (χ4v) is 2.89. The zero-order valence-corrected chi connectivity index (χ0v) is 14.9. The summed E-state index contributed by atoms with van der Waals surface area (Å²) in [5, 5.41) is 15.2. The van der Waals surface area contributed by atoms with E-state index < -0.39 is 29.3 Å². The summed E-state index contributed by atoms with van der Waals surface area (Å²) in [4.78, 5) is 3.16. The van der Waals surface area contributed by atoms with Gasteiger partial charge in [-0.05, 0) is 37.3 Å². The number of rotatable bonds is 3. The molecule has 29 heavy (non-hydrogen) atoms. The lowest BCUT2D eigenvalue weighted by atomic mass is 9.95. The maximum absolute atomic E-state index is 15.2. The van der Waals surface area contributed by atoms with Gasteiger partial charge in [0, 0.05) is 12.1 Å². The molecule has 5 nitrogen and oxygen atoms in total. The first-order valence-electron chi connectivity index (χ1n) is 8.34. The fourth-order valence-electron chi connectivity index (χ4n) is 2.89. The molecule has 0 aliphatic carbocycles. The monoisotopic (exact) mass is 411 g/mol. The van der Waals surface area contributed by atoms with Gasteiger partial charge in [0.05, 0.1) is 12.1 Å². The van der Waals surface area contributed by atoms with Crippen molar-refractivity contribution < 1.29 is 31.8 Å². The molecule has 0 saturated carbocycles. The minimum atomic E-state index is -4.58. The van der Waals surface area contributed by atoms with Crippen LogP contribution in [0.25, 0.3) is 4.85 Å². The van der Waals surface area contributed by atoms with Crippen LogP contribution < -0.4 is 4.74 Å². The summed E-state index contributed by atoms with van der Waals surface area (Å²) in [6.07, 6.45) is -4.58. The number of hydrogen-bond donors (Lipinski definition) is 1. The Morgan fingerprint density at radius 1 is 1.17 bits per heavy atom. The predicted octanol–water partition coefficient (Wildman–Crippen LogP) is 4.76. The molecule has 1 N–H and O–H groups in total. The Bertz CT molecular complexity index is 983. The number of alkyl halides is 5. The molecule has 3 rings (SSSR count). The molecule has 1 aliphatic heterocycles. The van der Waals surface area contributed by atoms with Gasteiger partial charge >= 0.3 is 12.1 Å². The molecule has 1 unspecified atom stereocenters. The molecule has 2 aromatic rings. The highest BCUT2D eigenvalue weighted by Gasteiger charge is 2.67. The van der Waals surface area contributed by atoms with Crippen LogP contribution in [0.4, 0.5) is 27.6 Å². The standard InChI is InChI=1S/C19H14F5N3O2/c1-3-27-18(28,13-5-4-6-14(11-13)25-2)17(20,21)16(26-27)29-15-9-7-12(8-10-15)19(22,23)24/h4-11,28H,3H2,1H3. The zero-order valence-electron chi connectivity index (χ0n) is 14.9. The molecule has 0 saturated heterocycles. The molecule has 1 atom stereocenters. The minimum Gasteiger partial charge on any atom is -0.436 e. The van der Waals surface area contributed by atoms with Crippen molar-refractivity contribution in [3.63, 3.8) is 0 Å². The third-order valence-corrected chi connectivity index (χ3v) is 4.37. The maximum atomic E-state index is 15.2. The van der Waals surface area contributed by atoms with Crippen LogP contribution in [0.5, 0.6) is 5.75 Å². The zero-order chi connectivity index (χ0) is 21.4. The van der Waals surface area contributed by atoms with E-state index in [1.807, 2.05) is 0 Å². The molecule has 0 bridgehead atoms. The van der Waals surface area contributed by atoms with Gasteiger partial charge in [0.25, 0.3) is 11.6 Å². The third-order valence-electron chi connectivity index (χ3n) is 4.37. The van der Waals surface area contributed by atoms with E-state index in [0.29, 0.717) is 17.1 Å². The molecule has 1 heterocycles. The van der Waals surface area contributed by atoms with Crippen molar-refractivity contribution in [2.24, 2.45) is 5.10 Å². The number of hydrazone groups is 1. The Hall–Kier alpha value is -3.19. The van der Waals surface area contributed by atoms with Crippen LogP contribution in [0, 0.1) is 6.57 Å². The Morgan fingerprint density at radius 3 is 2.38 bits per heavy atom. The van der Waals surface area contributed by atoms with Crippen LogP contribution in [0.2, 0.25) is 0 Å². The van der Waals surface area contributed by atoms with Gasteiger partial charge in [-0.3, -0.25) is 5.01 Å². The molecule has 10 heteroatoms. The van der Waals surface area contributed by atoms with Crippen molar-refractivity contribution in [2.45, 2.75) is 24.7 Å². The summed E-state index contributed by atoms with van der Waals surface area (Å²) >= 11 is 0. The average molecular weight is 411 g/mol. The number of benzene rings is 2. The summed E-state index contributed by atoms with van der Waals surface area (Å²) in [7, 11) is 0. The summed E-state index contributed by atoms with van der Waals surface area (Å²) in [5.74, 6) is -5.52. The number of nitrogens with zero attached hydrogens (tertiary/aromatic N) is 3. The molecule has 0 spiro atoms. The Morgan fingerprint density at radius 2 is 1.83 bits per heavy atom. The Kier molecular flexibility index (Phi) is 4.96. The third kappa shape index (κ3) is 3.38. The SMILES string of the molecule is [C-]#[N+]c1cccc(C2(O)N(CC)N=C(Oc3ccc(C(F)(F)F)cc3)C2(F)F)c1. The lowest BCUT2D eigenvalue weighted by Crippen LogP contribution is -2.54. The summed E-state index contributed by atoms with van der Waals surface area (Å²) in [5.41, 5.74) is -4.12. The van der Waals surface area contributed by atoms with E-state index in [1.54, 1.807) is 0 Å².